The van der Waals surface area contributed by atoms with Gasteiger partial charge in [-0.1, -0.05) is 18.5 Å². The topological polar surface area (TPSA) is 86.1 Å². The zero-order valence-corrected chi connectivity index (χ0v) is 14.8. The molecule has 0 saturated heterocycles. The predicted octanol–water partition coefficient (Wildman–Crippen LogP) is 1.72. The van der Waals surface area contributed by atoms with Gasteiger partial charge in [0.15, 0.2) is 5.65 Å². The molecule has 0 unspecified atom stereocenters. The van der Waals surface area contributed by atoms with Crippen LogP contribution in [0.5, 0.6) is 0 Å². The fourth-order valence-electron chi connectivity index (χ4n) is 2.54. The van der Waals surface area contributed by atoms with E-state index in [2.05, 4.69) is 15.3 Å². The van der Waals surface area contributed by atoms with Gasteiger partial charge >= 0.3 is 0 Å². The number of rotatable bonds is 7. The highest BCUT2D eigenvalue weighted by molar-refractivity contribution is 6.29. The number of ether oxygens (including phenoxy) is 1. The number of carbonyl (C=O) groups is 1. The van der Waals surface area contributed by atoms with Crippen LogP contribution in [-0.2, 0) is 16.0 Å². The summed E-state index contributed by atoms with van der Waals surface area (Å²) in [6, 6.07) is 3.17. The molecule has 1 atom stereocenters. The van der Waals surface area contributed by atoms with Gasteiger partial charge in [-0.25, -0.2) is 9.97 Å². The molecule has 24 heavy (non-hydrogen) atoms. The highest BCUT2D eigenvalue weighted by Gasteiger charge is 2.19. The van der Waals surface area contributed by atoms with E-state index in [0.717, 1.165) is 0 Å². The maximum atomic E-state index is 12.9. The molecule has 130 valence electrons. The van der Waals surface area contributed by atoms with Crippen molar-refractivity contribution in [1.29, 1.82) is 0 Å². The molecule has 2 heterocycles. The van der Waals surface area contributed by atoms with Crippen LogP contribution in [0.25, 0.3) is 11.2 Å². The average Bonchev–Trinajstić information content (AvgIpc) is 2.58. The van der Waals surface area contributed by atoms with Crippen LogP contribution in [0.1, 0.15) is 31.5 Å². The summed E-state index contributed by atoms with van der Waals surface area (Å²) < 4.78 is 6.81. The van der Waals surface area contributed by atoms with Crippen molar-refractivity contribution < 1.29 is 9.53 Å². The Morgan fingerprint density at radius 3 is 2.79 bits per heavy atom. The molecule has 0 spiro atoms. The lowest BCUT2D eigenvalue weighted by atomic mass is 10.2. The zero-order chi connectivity index (χ0) is 17.7. The monoisotopic (exact) mass is 352 g/mol. The number of nitrogens with one attached hydrogen (secondary N) is 1. The van der Waals surface area contributed by atoms with Gasteiger partial charge in [-0.05, 0) is 18.6 Å². The highest BCUT2D eigenvalue weighted by atomic mass is 35.5. The van der Waals surface area contributed by atoms with Crippen LogP contribution in [0, 0.1) is 0 Å². The molecule has 1 N–H and O–H groups in total. The minimum Gasteiger partial charge on any atom is -0.383 e. The van der Waals surface area contributed by atoms with Crippen LogP contribution in [0.2, 0.25) is 5.15 Å². The van der Waals surface area contributed by atoms with Crippen molar-refractivity contribution in [2.45, 2.75) is 32.2 Å². The Labute approximate surface area is 145 Å². The van der Waals surface area contributed by atoms with E-state index < -0.39 is 0 Å². The van der Waals surface area contributed by atoms with Crippen LogP contribution in [0.4, 0.5) is 0 Å². The predicted molar refractivity (Wildman–Crippen MR) is 92.4 cm³/mol. The van der Waals surface area contributed by atoms with Crippen molar-refractivity contribution in [2.75, 3.05) is 20.8 Å². The SMILES string of the molecule is CC[C@H](COC)n1c(=O)c(CCC(=O)NC)nc2ccc(Cl)nc21. The largest absolute Gasteiger partial charge is 0.383 e. The Balaban J connectivity index is 2.61. The zero-order valence-electron chi connectivity index (χ0n) is 14.0. The third-order valence-corrected chi connectivity index (χ3v) is 4.04. The second kappa shape index (κ2) is 8.21. The summed E-state index contributed by atoms with van der Waals surface area (Å²) in [7, 11) is 3.15. The Bertz CT molecular complexity index is 791. The van der Waals surface area contributed by atoms with Crippen molar-refractivity contribution >= 4 is 28.7 Å². The van der Waals surface area contributed by atoms with Crippen molar-refractivity contribution in [3.8, 4) is 0 Å². The summed E-state index contributed by atoms with van der Waals surface area (Å²) in [5.74, 6) is -0.138. The van der Waals surface area contributed by atoms with Gasteiger partial charge in [0.05, 0.1) is 12.6 Å². The van der Waals surface area contributed by atoms with Crippen LogP contribution in [0.3, 0.4) is 0 Å². The lowest BCUT2D eigenvalue weighted by Gasteiger charge is -2.20. The van der Waals surface area contributed by atoms with Crippen LogP contribution in [0.15, 0.2) is 16.9 Å². The van der Waals surface area contributed by atoms with E-state index in [-0.39, 0.29) is 30.3 Å². The second-order valence-corrected chi connectivity index (χ2v) is 5.79. The first-order valence-corrected chi connectivity index (χ1v) is 8.16. The van der Waals surface area contributed by atoms with E-state index in [1.165, 1.54) is 0 Å². The van der Waals surface area contributed by atoms with Crippen LogP contribution < -0.4 is 10.9 Å². The third-order valence-electron chi connectivity index (χ3n) is 3.83. The third kappa shape index (κ3) is 3.91. The van der Waals surface area contributed by atoms with Gasteiger partial charge in [0.1, 0.15) is 16.4 Å². The molecule has 0 aliphatic heterocycles. The molecule has 1 amide bonds. The van der Waals surface area contributed by atoms with Gasteiger partial charge in [-0.2, -0.15) is 0 Å². The van der Waals surface area contributed by atoms with Crippen molar-refractivity contribution in [3.63, 3.8) is 0 Å². The van der Waals surface area contributed by atoms with Gasteiger partial charge in [-0.15, -0.1) is 0 Å². The van der Waals surface area contributed by atoms with Gasteiger partial charge in [0, 0.05) is 27.0 Å². The standard InChI is InChI=1S/C16H21ClN4O3/c1-4-10(9-24-3)21-15-11(5-7-13(17)20-15)19-12(16(21)23)6-8-14(22)18-2/h5,7,10H,4,6,8-9H2,1-3H3,(H,18,22)/t10-/m1/s1. The fraction of sp³-hybridized carbons (Fsp3) is 0.500. The lowest BCUT2D eigenvalue weighted by molar-refractivity contribution is -0.120. The number of amides is 1. The Hall–Kier alpha value is -1.99. The molecular formula is C16H21ClN4O3. The van der Waals surface area contributed by atoms with Gasteiger partial charge in [0.25, 0.3) is 5.56 Å². The van der Waals surface area contributed by atoms with Gasteiger partial charge in [-0.3, -0.25) is 14.2 Å². The van der Waals surface area contributed by atoms with E-state index in [1.54, 1.807) is 30.9 Å². The minimum absolute atomic E-state index is 0.138. The molecular weight excluding hydrogens is 332 g/mol. The first-order chi connectivity index (χ1) is 11.5. The Morgan fingerprint density at radius 1 is 1.42 bits per heavy atom. The first kappa shape index (κ1) is 18.4. The number of aryl methyl sites for hydroxylation is 1. The van der Waals surface area contributed by atoms with E-state index in [0.29, 0.717) is 35.0 Å². The molecule has 0 aliphatic rings. The van der Waals surface area contributed by atoms with Crippen molar-refractivity contribution in [2.24, 2.45) is 0 Å². The summed E-state index contributed by atoms with van der Waals surface area (Å²) in [4.78, 5) is 33.0. The second-order valence-electron chi connectivity index (χ2n) is 5.40. The fourth-order valence-corrected chi connectivity index (χ4v) is 2.68. The number of aromatic nitrogens is 3. The van der Waals surface area contributed by atoms with Crippen molar-refractivity contribution in [1.82, 2.24) is 19.9 Å². The molecule has 0 bridgehead atoms. The number of carbonyl (C=O) groups excluding carboxylic acids is 1. The smallest absolute Gasteiger partial charge is 0.274 e. The van der Waals surface area contributed by atoms with Gasteiger partial charge in [0.2, 0.25) is 5.91 Å². The number of hydrogen-bond acceptors (Lipinski definition) is 5. The molecule has 0 radical (unpaired) electrons. The molecule has 0 aromatic carbocycles. The highest BCUT2D eigenvalue weighted by Crippen LogP contribution is 2.19. The minimum atomic E-state index is -0.259. The number of nitrogens with zero attached hydrogens (tertiary/aromatic N) is 3. The summed E-state index contributed by atoms with van der Waals surface area (Å²) in [6.45, 7) is 2.34. The molecule has 0 fully saturated rings. The summed E-state index contributed by atoms with van der Waals surface area (Å²) in [6.07, 6.45) is 1.16. The van der Waals surface area contributed by atoms with E-state index in [4.69, 9.17) is 16.3 Å². The van der Waals surface area contributed by atoms with Crippen LogP contribution >= 0.6 is 11.6 Å². The van der Waals surface area contributed by atoms with Crippen LogP contribution in [-0.4, -0.2) is 41.2 Å². The average molecular weight is 353 g/mol. The van der Waals surface area contributed by atoms with E-state index in [1.807, 2.05) is 6.92 Å². The molecule has 2 aromatic rings. The maximum absolute atomic E-state index is 12.9. The lowest BCUT2D eigenvalue weighted by Crippen LogP contribution is -2.32. The van der Waals surface area contributed by atoms with Gasteiger partial charge < -0.3 is 10.1 Å². The van der Waals surface area contributed by atoms with E-state index >= 15 is 0 Å². The normalized spacial score (nSPS) is 12.3. The molecule has 0 aliphatic carbocycles. The van der Waals surface area contributed by atoms with E-state index in [9.17, 15) is 9.59 Å². The van der Waals surface area contributed by atoms with Crippen molar-refractivity contribution in [3.05, 3.63) is 33.3 Å². The first-order valence-electron chi connectivity index (χ1n) is 7.79. The summed E-state index contributed by atoms with van der Waals surface area (Å²) >= 11 is 5.99. The number of pyridine rings is 1. The molecule has 0 saturated carbocycles. The molecule has 2 rings (SSSR count). The molecule has 7 nitrogen and oxygen atoms in total. The quantitative estimate of drug-likeness (QED) is 0.767. The number of hydrogen-bond donors (Lipinski definition) is 1. The number of halogens is 1. The Kier molecular flexibility index (Phi) is 6.28. The number of methoxy groups -OCH3 is 1. The molecule has 8 heteroatoms. The maximum Gasteiger partial charge on any atom is 0.274 e. The molecule has 2 aromatic heterocycles. The number of fused-ring (bicyclic) bond motifs is 1. The summed E-state index contributed by atoms with van der Waals surface area (Å²) in [5, 5.41) is 2.84. The Morgan fingerprint density at radius 2 is 2.17 bits per heavy atom. The summed E-state index contributed by atoms with van der Waals surface area (Å²) in [5.41, 5.74) is 1.08.